The highest BCUT2D eigenvalue weighted by Crippen LogP contribution is 2.24. The summed E-state index contributed by atoms with van der Waals surface area (Å²) < 4.78 is 27.4. The molecule has 1 amide bonds. The van der Waals surface area contributed by atoms with E-state index in [1.54, 1.807) is 12.1 Å². The second-order valence-corrected chi connectivity index (χ2v) is 8.99. The normalized spacial score (nSPS) is 19.0. The van der Waals surface area contributed by atoms with Crippen molar-refractivity contribution in [2.75, 3.05) is 6.54 Å². The Morgan fingerprint density at radius 3 is 2.36 bits per heavy atom. The van der Waals surface area contributed by atoms with Crippen molar-refractivity contribution in [2.24, 2.45) is 0 Å². The molecule has 0 atom stereocenters. The van der Waals surface area contributed by atoms with Gasteiger partial charge >= 0.3 is 0 Å². The molecular formula is C19H28N2O3S. The predicted molar refractivity (Wildman–Crippen MR) is 97.9 cm³/mol. The van der Waals surface area contributed by atoms with Crippen molar-refractivity contribution in [1.29, 1.82) is 0 Å². The van der Waals surface area contributed by atoms with Crippen LogP contribution in [0.1, 0.15) is 62.5 Å². The minimum atomic E-state index is -3.65. The van der Waals surface area contributed by atoms with Crippen molar-refractivity contribution >= 4 is 15.9 Å². The van der Waals surface area contributed by atoms with E-state index in [0.717, 1.165) is 50.5 Å². The number of carbonyl (C=O) groups excluding carboxylic acids is 1. The maximum absolute atomic E-state index is 12.5. The molecular weight excluding hydrogens is 336 g/mol. The molecule has 0 spiro atoms. The number of sulfonamides is 1. The number of hydrogen-bond acceptors (Lipinski definition) is 3. The van der Waals surface area contributed by atoms with Crippen LogP contribution in [0.3, 0.4) is 0 Å². The van der Waals surface area contributed by atoms with Crippen molar-refractivity contribution in [1.82, 2.24) is 10.0 Å². The van der Waals surface area contributed by atoms with Crippen LogP contribution < -0.4 is 10.0 Å². The highest BCUT2D eigenvalue weighted by Gasteiger charge is 2.20. The third-order valence-electron chi connectivity index (χ3n) is 5.27. The first-order valence-electron chi connectivity index (χ1n) is 9.45. The molecule has 1 aromatic carbocycles. The summed E-state index contributed by atoms with van der Waals surface area (Å²) in [6, 6.07) is 5.51. The lowest BCUT2D eigenvalue weighted by molar-refractivity contribution is -0.120. The van der Waals surface area contributed by atoms with E-state index >= 15 is 0 Å². The Labute approximate surface area is 150 Å². The summed E-state index contributed by atoms with van der Waals surface area (Å²) in [5, 5.41) is 2.97. The SMILES string of the molecule is O=C(CNS(=O)(=O)c1ccc2c(c1)CCCC2)NC1CCCCCC1. The first-order valence-corrected chi connectivity index (χ1v) is 10.9. The fraction of sp³-hybridized carbons (Fsp3) is 0.632. The molecule has 0 bridgehead atoms. The van der Waals surface area contributed by atoms with Gasteiger partial charge in [0.15, 0.2) is 0 Å². The maximum atomic E-state index is 12.5. The first-order chi connectivity index (χ1) is 12.0. The fourth-order valence-corrected chi connectivity index (χ4v) is 4.86. The fourth-order valence-electron chi connectivity index (χ4n) is 3.82. The molecule has 0 radical (unpaired) electrons. The Morgan fingerprint density at radius 2 is 1.64 bits per heavy atom. The van der Waals surface area contributed by atoms with E-state index in [4.69, 9.17) is 0 Å². The Hall–Kier alpha value is -1.40. The zero-order valence-corrected chi connectivity index (χ0v) is 15.5. The van der Waals surface area contributed by atoms with Gasteiger partial charge in [-0.1, -0.05) is 31.7 Å². The smallest absolute Gasteiger partial charge is 0.241 e. The number of aryl methyl sites for hydroxylation is 2. The molecule has 3 rings (SSSR count). The molecule has 1 fully saturated rings. The largest absolute Gasteiger partial charge is 0.352 e. The van der Waals surface area contributed by atoms with E-state index < -0.39 is 10.0 Å². The predicted octanol–water partition coefficient (Wildman–Crippen LogP) is 2.68. The average molecular weight is 365 g/mol. The second kappa shape index (κ2) is 8.32. The van der Waals surface area contributed by atoms with E-state index in [1.165, 1.54) is 24.8 Å². The van der Waals surface area contributed by atoms with E-state index in [9.17, 15) is 13.2 Å². The lowest BCUT2D eigenvalue weighted by Crippen LogP contribution is -2.41. The topological polar surface area (TPSA) is 75.3 Å². The van der Waals surface area contributed by atoms with Crippen molar-refractivity contribution in [3.8, 4) is 0 Å². The van der Waals surface area contributed by atoms with Gasteiger partial charge in [0.2, 0.25) is 15.9 Å². The zero-order chi connectivity index (χ0) is 17.7. The molecule has 1 aromatic rings. The third kappa shape index (κ3) is 5.05. The van der Waals surface area contributed by atoms with E-state index in [-0.39, 0.29) is 23.4 Å². The van der Waals surface area contributed by atoms with Crippen LogP contribution >= 0.6 is 0 Å². The summed E-state index contributed by atoms with van der Waals surface area (Å²) in [7, 11) is -3.65. The first kappa shape index (κ1) is 18.4. The molecule has 2 N–H and O–H groups in total. The summed E-state index contributed by atoms with van der Waals surface area (Å²) >= 11 is 0. The molecule has 1 saturated carbocycles. The van der Waals surface area contributed by atoms with Crippen LogP contribution in [0.15, 0.2) is 23.1 Å². The van der Waals surface area contributed by atoms with E-state index in [2.05, 4.69) is 10.0 Å². The lowest BCUT2D eigenvalue weighted by Gasteiger charge is -2.18. The number of carbonyl (C=O) groups is 1. The van der Waals surface area contributed by atoms with Crippen LogP contribution in [0, 0.1) is 0 Å². The van der Waals surface area contributed by atoms with Crippen LogP contribution in [0.25, 0.3) is 0 Å². The number of benzene rings is 1. The summed E-state index contributed by atoms with van der Waals surface area (Å²) in [5.74, 6) is -0.242. The van der Waals surface area contributed by atoms with Gasteiger partial charge in [0.1, 0.15) is 0 Å². The van der Waals surface area contributed by atoms with Crippen LogP contribution in [-0.2, 0) is 27.7 Å². The quantitative estimate of drug-likeness (QED) is 0.789. The van der Waals surface area contributed by atoms with E-state index in [1.807, 2.05) is 6.07 Å². The van der Waals surface area contributed by atoms with Gasteiger partial charge < -0.3 is 5.32 Å². The summed E-state index contributed by atoms with van der Waals surface area (Å²) in [6.07, 6.45) is 10.9. The number of rotatable bonds is 5. The van der Waals surface area contributed by atoms with Crippen LogP contribution in [-0.4, -0.2) is 26.9 Å². The molecule has 0 saturated heterocycles. The standard InChI is InChI=1S/C19H28N2O3S/c22-19(21-17-9-3-1-2-4-10-17)14-20-25(23,24)18-12-11-15-7-5-6-8-16(15)13-18/h11-13,17,20H,1-10,14H2,(H,21,22). The highest BCUT2D eigenvalue weighted by molar-refractivity contribution is 7.89. The molecule has 0 aliphatic heterocycles. The van der Waals surface area contributed by atoms with Crippen molar-refractivity contribution in [3.05, 3.63) is 29.3 Å². The van der Waals surface area contributed by atoms with Gasteiger partial charge in [0, 0.05) is 6.04 Å². The summed E-state index contributed by atoms with van der Waals surface area (Å²) in [5.41, 5.74) is 2.37. The highest BCUT2D eigenvalue weighted by atomic mass is 32.2. The molecule has 0 unspecified atom stereocenters. The van der Waals surface area contributed by atoms with Gasteiger partial charge in [-0.25, -0.2) is 13.1 Å². The minimum Gasteiger partial charge on any atom is -0.352 e. The van der Waals surface area contributed by atoms with Gasteiger partial charge in [-0.15, -0.1) is 0 Å². The molecule has 2 aliphatic rings. The number of hydrogen-bond donors (Lipinski definition) is 2. The maximum Gasteiger partial charge on any atom is 0.241 e. The van der Waals surface area contributed by atoms with Gasteiger partial charge in [-0.3, -0.25) is 4.79 Å². The van der Waals surface area contributed by atoms with Gasteiger partial charge in [0.25, 0.3) is 0 Å². The van der Waals surface area contributed by atoms with Gasteiger partial charge in [-0.2, -0.15) is 0 Å². The molecule has 2 aliphatic carbocycles. The Morgan fingerprint density at radius 1 is 0.960 bits per heavy atom. The van der Waals surface area contributed by atoms with Gasteiger partial charge in [-0.05, 0) is 61.8 Å². The van der Waals surface area contributed by atoms with Crippen molar-refractivity contribution < 1.29 is 13.2 Å². The van der Waals surface area contributed by atoms with Crippen LogP contribution in [0.5, 0.6) is 0 Å². The average Bonchev–Trinajstić information content (AvgIpc) is 2.88. The Kier molecular flexibility index (Phi) is 6.12. The van der Waals surface area contributed by atoms with Crippen LogP contribution in [0.4, 0.5) is 0 Å². The second-order valence-electron chi connectivity index (χ2n) is 7.22. The molecule has 25 heavy (non-hydrogen) atoms. The van der Waals surface area contributed by atoms with Crippen LogP contribution in [0.2, 0.25) is 0 Å². The number of amides is 1. The molecule has 138 valence electrons. The molecule has 0 aromatic heterocycles. The molecule has 6 heteroatoms. The Bertz CT molecular complexity index is 707. The van der Waals surface area contributed by atoms with Crippen molar-refractivity contribution in [3.63, 3.8) is 0 Å². The number of fused-ring (bicyclic) bond motifs is 1. The summed E-state index contributed by atoms with van der Waals surface area (Å²) in [4.78, 5) is 12.4. The zero-order valence-electron chi connectivity index (χ0n) is 14.7. The summed E-state index contributed by atoms with van der Waals surface area (Å²) in [6.45, 7) is -0.198. The van der Waals surface area contributed by atoms with E-state index in [0.29, 0.717) is 0 Å². The Balaban J connectivity index is 1.57. The van der Waals surface area contributed by atoms with Crippen molar-refractivity contribution in [2.45, 2.75) is 75.1 Å². The monoisotopic (exact) mass is 364 g/mol. The lowest BCUT2D eigenvalue weighted by atomic mass is 9.92. The van der Waals surface area contributed by atoms with Gasteiger partial charge in [0.05, 0.1) is 11.4 Å². The minimum absolute atomic E-state index is 0.184. The third-order valence-corrected chi connectivity index (χ3v) is 6.67. The molecule has 5 nitrogen and oxygen atoms in total. The molecule has 0 heterocycles. The number of nitrogens with one attached hydrogen (secondary N) is 2.